The molecule has 0 spiro atoms. The number of rotatable bonds is 6. The second kappa shape index (κ2) is 9.77. The fourth-order valence-corrected chi connectivity index (χ4v) is 3.99. The van der Waals surface area contributed by atoms with Gasteiger partial charge in [0.1, 0.15) is 17.3 Å². The lowest BCUT2D eigenvalue weighted by atomic mass is 9.95. The SMILES string of the molecule is CCCOc1ccc(/C(O)=C2\C(=O)C(=O)N(c3cccc(C(F)(F)F)c3)C2c2ccc(O)cc2)cc1. The highest BCUT2D eigenvalue weighted by atomic mass is 19.4. The van der Waals surface area contributed by atoms with Crippen LogP contribution in [0.2, 0.25) is 0 Å². The molecule has 3 aromatic rings. The van der Waals surface area contributed by atoms with Crippen molar-refractivity contribution in [2.45, 2.75) is 25.6 Å². The van der Waals surface area contributed by atoms with Gasteiger partial charge < -0.3 is 14.9 Å². The van der Waals surface area contributed by atoms with Gasteiger partial charge in [-0.3, -0.25) is 14.5 Å². The van der Waals surface area contributed by atoms with Gasteiger partial charge in [-0.2, -0.15) is 13.2 Å². The first-order valence-corrected chi connectivity index (χ1v) is 11.1. The zero-order chi connectivity index (χ0) is 26.0. The second-order valence-corrected chi connectivity index (χ2v) is 8.18. The van der Waals surface area contributed by atoms with E-state index in [2.05, 4.69) is 0 Å². The van der Waals surface area contributed by atoms with Crippen molar-refractivity contribution < 1.29 is 37.7 Å². The van der Waals surface area contributed by atoms with Gasteiger partial charge in [0.25, 0.3) is 11.7 Å². The number of phenolic OH excluding ortho intramolecular Hbond substituents is 1. The Bertz CT molecular complexity index is 1310. The Balaban J connectivity index is 1.86. The number of anilines is 1. The number of carbonyl (C=O) groups excluding carboxylic acids is 2. The minimum Gasteiger partial charge on any atom is -0.508 e. The van der Waals surface area contributed by atoms with Crippen LogP contribution in [0.1, 0.15) is 36.1 Å². The molecular formula is C27H22F3NO5. The van der Waals surface area contributed by atoms with Crippen molar-refractivity contribution in [2.24, 2.45) is 0 Å². The standard InChI is InChI=1S/C27H22F3NO5/c1-2-14-36-21-12-8-17(9-13-21)24(33)22-23(16-6-10-20(32)11-7-16)31(26(35)25(22)34)19-5-3-4-18(15-19)27(28,29)30/h3-13,15,23,32-33H,2,14H2,1H3/b24-22+. The Kier molecular flexibility index (Phi) is 6.74. The van der Waals surface area contributed by atoms with Crippen molar-refractivity contribution in [3.63, 3.8) is 0 Å². The highest BCUT2D eigenvalue weighted by molar-refractivity contribution is 6.51. The summed E-state index contributed by atoms with van der Waals surface area (Å²) in [6.07, 6.45) is -3.87. The number of carbonyl (C=O) groups is 2. The maximum atomic E-state index is 13.4. The minimum absolute atomic E-state index is 0.0857. The van der Waals surface area contributed by atoms with Crippen LogP contribution in [-0.4, -0.2) is 28.5 Å². The molecule has 0 bridgehead atoms. The molecule has 36 heavy (non-hydrogen) atoms. The van der Waals surface area contributed by atoms with Gasteiger partial charge in [0.05, 0.1) is 23.8 Å². The first-order valence-electron chi connectivity index (χ1n) is 11.1. The summed E-state index contributed by atoms with van der Waals surface area (Å²) in [5, 5.41) is 20.8. The maximum absolute atomic E-state index is 13.4. The fourth-order valence-electron chi connectivity index (χ4n) is 3.99. The monoisotopic (exact) mass is 497 g/mol. The molecule has 2 N–H and O–H groups in total. The van der Waals surface area contributed by atoms with Crippen LogP contribution in [0, 0.1) is 0 Å². The van der Waals surface area contributed by atoms with Crippen LogP contribution < -0.4 is 9.64 Å². The molecule has 1 heterocycles. The zero-order valence-corrected chi connectivity index (χ0v) is 19.1. The largest absolute Gasteiger partial charge is 0.508 e. The number of aliphatic hydroxyl groups excluding tert-OH is 1. The number of phenols is 1. The van der Waals surface area contributed by atoms with Crippen molar-refractivity contribution in [3.05, 3.63) is 95.1 Å². The van der Waals surface area contributed by atoms with E-state index in [9.17, 15) is 33.0 Å². The molecule has 4 rings (SSSR count). The summed E-state index contributed by atoms with van der Waals surface area (Å²) in [7, 11) is 0. The van der Waals surface area contributed by atoms with Crippen LogP contribution in [-0.2, 0) is 15.8 Å². The summed E-state index contributed by atoms with van der Waals surface area (Å²) in [6, 6.07) is 14.6. The van der Waals surface area contributed by atoms with Gasteiger partial charge in [0.15, 0.2) is 0 Å². The molecule has 9 heteroatoms. The molecule has 0 aliphatic carbocycles. The van der Waals surface area contributed by atoms with Crippen LogP contribution in [0.3, 0.4) is 0 Å². The quantitative estimate of drug-likeness (QED) is 0.254. The fraction of sp³-hybridized carbons (Fsp3) is 0.185. The molecule has 0 aromatic heterocycles. The number of benzene rings is 3. The molecule has 1 saturated heterocycles. The third-order valence-corrected chi connectivity index (χ3v) is 5.71. The van der Waals surface area contributed by atoms with Crippen molar-refractivity contribution in [1.29, 1.82) is 0 Å². The maximum Gasteiger partial charge on any atom is 0.416 e. The predicted molar refractivity (Wildman–Crippen MR) is 127 cm³/mol. The van der Waals surface area contributed by atoms with E-state index in [0.29, 0.717) is 17.9 Å². The highest BCUT2D eigenvalue weighted by Gasteiger charge is 2.47. The molecule has 1 amide bonds. The summed E-state index contributed by atoms with van der Waals surface area (Å²) in [5.74, 6) is -2.15. The van der Waals surface area contributed by atoms with Gasteiger partial charge >= 0.3 is 6.18 Å². The van der Waals surface area contributed by atoms with E-state index < -0.39 is 35.2 Å². The van der Waals surface area contributed by atoms with Crippen LogP contribution in [0.5, 0.6) is 11.5 Å². The molecule has 3 aromatic carbocycles. The number of ketones is 1. The first-order chi connectivity index (χ1) is 17.1. The average Bonchev–Trinajstić information content (AvgIpc) is 3.13. The van der Waals surface area contributed by atoms with Gasteiger partial charge in [0.2, 0.25) is 0 Å². The summed E-state index contributed by atoms with van der Waals surface area (Å²) >= 11 is 0. The summed E-state index contributed by atoms with van der Waals surface area (Å²) < 4.78 is 45.6. The number of aliphatic hydroxyl groups is 1. The van der Waals surface area contributed by atoms with Crippen molar-refractivity contribution in [3.8, 4) is 11.5 Å². The molecule has 1 aliphatic rings. The molecule has 1 aliphatic heterocycles. The number of Topliss-reactive ketones (excluding diaryl/α,β-unsaturated/α-hetero) is 1. The molecule has 1 fully saturated rings. The number of hydrogen-bond donors (Lipinski definition) is 2. The van der Waals surface area contributed by atoms with E-state index in [-0.39, 0.29) is 22.6 Å². The number of nitrogens with zero attached hydrogens (tertiary/aromatic N) is 1. The van der Waals surface area contributed by atoms with E-state index in [1.807, 2.05) is 6.92 Å². The topological polar surface area (TPSA) is 87.1 Å². The van der Waals surface area contributed by atoms with Gasteiger partial charge in [-0.25, -0.2) is 0 Å². The molecular weight excluding hydrogens is 475 g/mol. The molecule has 6 nitrogen and oxygen atoms in total. The first kappa shape index (κ1) is 24.8. The van der Waals surface area contributed by atoms with Gasteiger partial charge in [0, 0.05) is 11.3 Å². The third-order valence-electron chi connectivity index (χ3n) is 5.71. The lowest BCUT2D eigenvalue weighted by Gasteiger charge is -2.26. The summed E-state index contributed by atoms with van der Waals surface area (Å²) in [5.41, 5.74) is -0.898. The van der Waals surface area contributed by atoms with Gasteiger partial charge in [-0.05, 0) is 66.6 Å². The number of aromatic hydroxyl groups is 1. The van der Waals surface area contributed by atoms with E-state index in [0.717, 1.165) is 29.5 Å². The van der Waals surface area contributed by atoms with Crippen LogP contribution >= 0.6 is 0 Å². The smallest absolute Gasteiger partial charge is 0.416 e. The minimum atomic E-state index is -4.67. The van der Waals surface area contributed by atoms with Crippen LogP contribution in [0.15, 0.2) is 78.4 Å². The van der Waals surface area contributed by atoms with Crippen LogP contribution in [0.4, 0.5) is 18.9 Å². The number of halogens is 3. The summed E-state index contributed by atoms with van der Waals surface area (Å²) in [4.78, 5) is 27.2. The normalized spacial score (nSPS) is 17.4. The van der Waals surface area contributed by atoms with E-state index >= 15 is 0 Å². The number of alkyl halides is 3. The van der Waals surface area contributed by atoms with Gasteiger partial charge in [-0.1, -0.05) is 25.1 Å². The summed E-state index contributed by atoms with van der Waals surface area (Å²) in [6.45, 7) is 2.45. The number of amides is 1. The molecule has 1 unspecified atom stereocenters. The Hall–Kier alpha value is -4.27. The molecule has 1 atom stereocenters. The number of hydrogen-bond acceptors (Lipinski definition) is 5. The average molecular weight is 497 g/mol. The number of ether oxygens (including phenoxy) is 1. The second-order valence-electron chi connectivity index (χ2n) is 8.18. The molecule has 0 radical (unpaired) electrons. The molecule has 186 valence electrons. The van der Waals surface area contributed by atoms with E-state index in [1.165, 1.54) is 42.5 Å². The van der Waals surface area contributed by atoms with Crippen molar-refractivity contribution >= 4 is 23.1 Å². The zero-order valence-electron chi connectivity index (χ0n) is 19.1. The molecule has 0 saturated carbocycles. The van der Waals surface area contributed by atoms with Gasteiger partial charge in [-0.15, -0.1) is 0 Å². The van der Waals surface area contributed by atoms with Crippen LogP contribution in [0.25, 0.3) is 5.76 Å². The van der Waals surface area contributed by atoms with E-state index in [1.54, 1.807) is 12.1 Å². The third kappa shape index (κ3) is 4.77. The Morgan fingerprint density at radius 1 is 1.00 bits per heavy atom. The van der Waals surface area contributed by atoms with Crippen molar-refractivity contribution in [2.75, 3.05) is 11.5 Å². The Labute approximate surface area is 204 Å². The lowest BCUT2D eigenvalue weighted by Crippen LogP contribution is -2.29. The lowest BCUT2D eigenvalue weighted by molar-refractivity contribution is -0.137. The predicted octanol–water partition coefficient (Wildman–Crippen LogP) is 5.83. The Morgan fingerprint density at radius 3 is 2.28 bits per heavy atom. The Morgan fingerprint density at radius 2 is 1.67 bits per heavy atom. The van der Waals surface area contributed by atoms with Crippen molar-refractivity contribution in [1.82, 2.24) is 0 Å². The highest BCUT2D eigenvalue weighted by Crippen LogP contribution is 2.43. The van der Waals surface area contributed by atoms with E-state index in [4.69, 9.17) is 4.74 Å².